The molecule has 20 heavy (non-hydrogen) atoms. The molecule has 1 aromatic carbocycles. The zero-order chi connectivity index (χ0) is 13.9. The lowest BCUT2D eigenvalue weighted by atomic mass is 10.2. The standard InChI is InChI=1S/C13H10Cl2N4S/c14-9-3-1-4-10(13(9)19-6-2-5-18-19)16-8-12-17-7-11(15)20-12/h1-7,16H,8H2. The molecule has 3 aromatic rings. The van der Waals surface area contributed by atoms with Gasteiger partial charge in [0.25, 0.3) is 0 Å². The molecule has 2 heterocycles. The van der Waals surface area contributed by atoms with Crippen LogP contribution < -0.4 is 5.32 Å². The lowest BCUT2D eigenvalue weighted by molar-refractivity contribution is 0.879. The van der Waals surface area contributed by atoms with Crippen LogP contribution in [-0.2, 0) is 6.54 Å². The number of hydrogen-bond acceptors (Lipinski definition) is 4. The molecular formula is C13H10Cl2N4S. The first-order valence-electron chi connectivity index (χ1n) is 5.86. The zero-order valence-corrected chi connectivity index (χ0v) is 12.6. The molecule has 0 unspecified atom stereocenters. The van der Waals surface area contributed by atoms with Crippen LogP contribution in [0.1, 0.15) is 5.01 Å². The van der Waals surface area contributed by atoms with Crippen molar-refractivity contribution in [2.75, 3.05) is 5.32 Å². The van der Waals surface area contributed by atoms with Gasteiger partial charge in [-0.3, -0.25) is 0 Å². The molecule has 4 nitrogen and oxygen atoms in total. The maximum atomic E-state index is 6.27. The summed E-state index contributed by atoms with van der Waals surface area (Å²) in [5, 5.41) is 9.09. The van der Waals surface area contributed by atoms with Crippen LogP contribution in [0.15, 0.2) is 42.9 Å². The maximum absolute atomic E-state index is 6.27. The number of aromatic nitrogens is 3. The number of nitrogens with zero attached hydrogens (tertiary/aromatic N) is 3. The molecule has 0 aliphatic rings. The third kappa shape index (κ3) is 2.80. The van der Waals surface area contributed by atoms with Crippen LogP contribution in [0.5, 0.6) is 0 Å². The molecule has 0 bridgehead atoms. The van der Waals surface area contributed by atoms with E-state index >= 15 is 0 Å². The Bertz CT molecular complexity index is 709. The van der Waals surface area contributed by atoms with Crippen LogP contribution in [-0.4, -0.2) is 14.8 Å². The van der Waals surface area contributed by atoms with E-state index in [2.05, 4.69) is 15.4 Å². The van der Waals surface area contributed by atoms with E-state index < -0.39 is 0 Å². The molecule has 0 radical (unpaired) electrons. The molecule has 0 aliphatic carbocycles. The number of para-hydroxylation sites is 1. The van der Waals surface area contributed by atoms with E-state index in [1.165, 1.54) is 11.3 Å². The summed E-state index contributed by atoms with van der Waals surface area (Å²) in [6.45, 7) is 0.589. The number of benzene rings is 1. The lowest BCUT2D eigenvalue weighted by Gasteiger charge is -2.12. The summed E-state index contributed by atoms with van der Waals surface area (Å²) in [6, 6.07) is 7.54. The smallest absolute Gasteiger partial charge is 0.113 e. The molecule has 2 aromatic heterocycles. The highest BCUT2D eigenvalue weighted by atomic mass is 35.5. The third-order valence-electron chi connectivity index (χ3n) is 2.68. The van der Waals surface area contributed by atoms with E-state index in [4.69, 9.17) is 23.2 Å². The summed E-state index contributed by atoms with van der Waals surface area (Å²) in [7, 11) is 0. The second-order valence-corrected chi connectivity index (χ2v) is 6.15. The van der Waals surface area contributed by atoms with Gasteiger partial charge in [-0.15, -0.1) is 11.3 Å². The molecule has 0 saturated carbocycles. The van der Waals surface area contributed by atoms with Crippen molar-refractivity contribution in [3.05, 3.63) is 57.2 Å². The fraction of sp³-hybridized carbons (Fsp3) is 0.0769. The Kier molecular flexibility index (Phi) is 3.91. The van der Waals surface area contributed by atoms with E-state index in [-0.39, 0.29) is 0 Å². The van der Waals surface area contributed by atoms with Crippen molar-refractivity contribution in [2.45, 2.75) is 6.54 Å². The monoisotopic (exact) mass is 324 g/mol. The van der Waals surface area contributed by atoms with Crippen molar-refractivity contribution >= 4 is 40.2 Å². The largest absolute Gasteiger partial charge is 0.377 e. The second kappa shape index (κ2) is 5.83. The Labute approximate surface area is 130 Å². The van der Waals surface area contributed by atoms with E-state index in [1.807, 2.05) is 30.5 Å². The van der Waals surface area contributed by atoms with Gasteiger partial charge in [0.1, 0.15) is 15.0 Å². The first-order valence-corrected chi connectivity index (χ1v) is 7.44. The van der Waals surface area contributed by atoms with Crippen molar-refractivity contribution in [1.82, 2.24) is 14.8 Å². The van der Waals surface area contributed by atoms with E-state index in [0.717, 1.165) is 16.4 Å². The molecule has 102 valence electrons. The van der Waals surface area contributed by atoms with Crippen LogP contribution >= 0.6 is 34.5 Å². The van der Waals surface area contributed by atoms with Crippen molar-refractivity contribution in [3.63, 3.8) is 0 Å². The number of nitrogens with one attached hydrogen (secondary N) is 1. The van der Waals surface area contributed by atoms with Crippen LogP contribution in [0, 0.1) is 0 Å². The van der Waals surface area contributed by atoms with Gasteiger partial charge in [0.15, 0.2) is 0 Å². The van der Waals surface area contributed by atoms with Crippen LogP contribution in [0.4, 0.5) is 5.69 Å². The molecule has 0 atom stereocenters. The Morgan fingerprint density at radius 3 is 2.85 bits per heavy atom. The average Bonchev–Trinajstić information content (AvgIpc) is 3.08. The predicted molar refractivity (Wildman–Crippen MR) is 83.0 cm³/mol. The number of rotatable bonds is 4. The van der Waals surface area contributed by atoms with E-state index in [0.29, 0.717) is 15.9 Å². The number of anilines is 1. The lowest BCUT2D eigenvalue weighted by Crippen LogP contribution is -2.05. The molecule has 0 amide bonds. The van der Waals surface area contributed by atoms with Crippen molar-refractivity contribution in [2.24, 2.45) is 0 Å². The number of halogens is 2. The summed E-state index contributed by atoms with van der Waals surface area (Å²) < 4.78 is 2.42. The highest BCUT2D eigenvalue weighted by molar-refractivity contribution is 7.15. The number of hydrogen-bond donors (Lipinski definition) is 1. The quantitative estimate of drug-likeness (QED) is 0.780. The molecule has 3 rings (SSSR count). The SMILES string of the molecule is Clc1cnc(CNc2cccc(Cl)c2-n2cccn2)s1. The minimum Gasteiger partial charge on any atom is -0.377 e. The molecule has 0 fully saturated rings. The minimum atomic E-state index is 0.589. The van der Waals surface area contributed by atoms with Gasteiger partial charge in [-0.25, -0.2) is 9.67 Å². The fourth-order valence-electron chi connectivity index (χ4n) is 1.83. The molecular weight excluding hydrogens is 315 g/mol. The summed E-state index contributed by atoms with van der Waals surface area (Å²) >= 11 is 13.6. The number of thiazole rings is 1. The normalized spacial score (nSPS) is 10.7. The highest BCUT2D eigenvalue weighted by Gasteiger charge is 2.10. The van der Waals surface area contributed by atoms with Crippen LogP contribution in [0.2, 0.25) is 9.36 Å². The van der Waals surface area contributed by atoms with Crippen LogP contribution in [0.3, 0.4) is 0 Å². The maximum Gasteiger partial charge on any atom is 0.113 e. The molecule has 7 heteroatoms. The fourth-order valence-corrected chi connectivity index (χ4v) is 2.99. The van der Waals surface area contributed by atoms with Gasteiger partial charge >= 0.3 is 0 Å². The minimum absolute atomic E-state index is 0.589. The topological polar surface area (TPSA) is 42.7 Å². The Morgan fingerprint density at radius 1 is 1.25 bits per heavy atom. The van der Waals surface area contributed by atoms with Gasteiger partial charge in [0.05, 0.1) is 23.5 Å². The summed E-state index contributed by atoms with van der Waals surface area (Å²) in [5.41, 5.74) is 1.72. The molecule has 0 saturated heterocycles. The first kappa shape index (κ1) is 13.4. The Morgan fingerprint density at radius 2 is 2.15 bits per heavy atom. The molecule has 0 spiro atoms. The zero-order valence-electron chi connectivity index (χ0n) is 10.3. The van der Waals surface area contributed by atoms with Gasteiger partial charge in [0, 0.05) is 12.4 Å². The summed E-state index contributed by atoms with van der Waals surface area (Å²) in [4.78, 5) is 4.21. The summed E-state index contributed by atoms with van der Waals surface area (Å²) in [5.74, 6) is 0. The first-order chi connectivity index (χ1) is 9.74. The Balaban J connectivity index is 1.88. The van der Waals surface area contributed by atoms with E-state index in [1.54, 1.807) is 17.1 Å². The van der Waals surface area contributed by atoms with E-state index in [9.17, 15) is 0 Å². The van der Waals surface area contributed by atoms with Gasteiger partial charge in [-0.05, 0) is 18.2 Å². The predicted octanol–water partition coefficient (Wildman–Crippen LogP) is 4.25. The van der Waals surface area contributed by atoms with Gasteiger partial charge < -0.3 is 5.32 Å². The van der Waals surface area contributed by atoms with Gasteiger partial charge in [0.2, 0.25) is 0 Å². The van der Waals surface area contributed by atoms with Gasteiger partial charge in [-0.2, -0.15) is 5.10 Å². The van der Waals surface area contributed by atoms with Crippen molar-refractivity contribution < 1.29 is 0 Å². The highest BCUT2D eigenvalue weighted by Crippen LogP contribution is 2.28. The second-order valence-electron chi connectivity index (χ2n) is 4.00. The molecule has 0 aliphatic heterocycles. The van der Waals surface area contributed by atoms with Crippen LogP contribution in [0.25, 0.3) is 5.69 Å². The van der Waals surface area contributed by atoms with Crippen molar-refractivity contribution in [3.8, 4) is 5.69 Å². The van der Waals surface area contributed by atoms with Crippen molar-refractivity contribution in [1.29, 1.82) is 0 Å². The third-order valence-corrected chi connectivity index (χ3v) is 4.10. The Hall–Kier alpha value is -1.56. The summed E-state index contributed by atoms with van der Waals surface area (Å²) in [6.07, 6.45) is 5.22. The molecule has 1 N–H and O–H groups in total. The van der Waals surface area contributed by atoms with Gasteiger partial charge in [-0.1, -0.05) is 29.3 Å². The average molecular weight is 325 g/mol.